The minimum absolute atomic E-state index is 0.164. The Balaban J connectivity index is 2.42. The second-order valence-electron chi connectivity index (χ2n) is 4.74. The summed E-state index contributed by atoms with van der Waals surface area (Å²) in [4.78, 5) is 23.3. The van der Waals surface area contributed by atoms with Crippen LogP contribution in [-0.4, -0.2) is 46.2 Å². The van der Waals surface area contributed by atoms with Crippen LogP contribution in [0.25, 0.3) is 0 Å². The Morgan fingerprint density at radius 1 is 1.35 bits per heavy atom. The highest BCUT2D eigenvalue weighted by Gasteiger charge is 2.64. The summed E-state index contributed by atoms with van der Waals surface area (Å²) in [5, 5.41) is 13.2. The fraction of sp³-hybridized carbons (Fsp3) is 0.357. The number of hydrazone groups is 1. The molecule has 0 saturated carbocycles. The summed E-state index contributed by atoms with van der Waals surface area (Å²) in [7, 11) is 0. The van der Waals surface area contributed by atoms with E-state index >= 15 is 0 Å². The zero-order valence-electron chi connectivity index (χ0n) is 12.0. The molecule has 1 heterocycles. The van der Waals surface area contributed by atoms with Crippen molar-refractivity contribution in [3.05, 3.63) is 35.9 Å². The summed E-state index contributed by atoms with van der Waals surface area (Å²) in [6.07, 6.45) is -6.18. The smallest absolute Gasteiger partial charge is 0.438 e. The lowest BCUT2D eigenvalue weighted by Gasteiger charge is -2.31. The van der Waals surface area contributed by atoms with E-state index < -0.39 is 30.2 Å². The largest absolute Gasteiger partial charge is 0.459 e. The van der Waals surface area contributed by atoms with E-state index in [1.54, 1.807) is 18.2 Å². The first-order valence-corrected chi connectivity index (χ1v) is 6.64. The predicted molar refractivity (Wildman–Crippen MR) is 72.1 cm³/mol. The zero-order valence-corrected chi connectivity index (χ0v) is 12.0. The van der Waals surface area contributed by atoms with Gasteiger partial charge in [0.1, 0.15) is 0 Å². The Morgan fingerprint density at radius 2 is 1.96 bits per heavy atom. The van der Waals surface area contributed by atoms with Gasteiger partial charge in [0.05, 0.1) is 18.7 Å². The fourth-order valence-corrected chi connectivity index (χ4v) is 2.05. The molecule has 0 unspecified atom stereocenters. The van der Waals surface area contributed by atoms with Crippen molar-refractivity contribution in [2.24, 2.45) is 5.10 Å². The van der Waals surface area contributed by atoms with Gasteiger partial charge in [-0.05, 0) is 12.5 Å². The highest BCUT2D eigenvalue weighted by atomic mass is 19.4. The van der Waals surface area contributed by atoms with Gasteiger partial charge in [-0.2, -0.15) is 23.3 Å². The van der Waals surface area contributed by atoms with E-state index in [2.05, 4.69) is 9.84 Å². The highest BCUT2D eigenvalue weighted by Crippen LogP contribution is 2.41. The molecule has 0 aliphatic carbocycles. The van der Waals surface area contributed by atoms with Gasteiger partial charge in [-0.25, -0.2) is 4.79 Å². The maximum atomic E-state index is 13.2. The molecule has 0 bridgehead atoms. The van der Waals surface area contributed by atoms with Gasteiger partial charge >= 0.3 is 18.1 Å². The number of rotatable bonds is 2. The number of hydrogen-bond donors (Lipinski definition) is 1. The van der Waals surface area contributed by atoms with Crippen molar-refractivity contribution in [2.75, 3.05) is 6.61 Å². The fourth-order valence-electron chi connectivity index (χ4n) is 2.05. The zero-order chi connectivity index (χ0) is 17.3. The van der Waals surface area contributed by atoms with Gasteiger partial charge in [0, 0.05) is 0 Å². The summed E-state index contributed by atoms with van der Waals surface area (Å²) in [5.41, 5.74) is -3.46. The van der Waals surface area contributed by atoms with E-state index in [0.29, 0.717) is 5.56 Å². The molecule has 1 atom stereocenters. The lowest BCUT2D eigenvalue weighted by molar-refractivity contribution is -0.302. The Morgan fingerprint density at radius 3 is 2.48 bits per heavy atom. The normalized spacial score (nSPS) is 21.1. The first kappa shape index (κ1) is 16.9. The Bertz CT molecular complexity index is 645. The van der Waals surface area contributed by atoms with Gasteiger partial charge in [-0.3, -0.25) is 4.79 Å². The Hall–Kier alpha value is -2.42. The molecule has 2 rings (SSSR count). The average molecular weight is 330 g/mol. The van der Waals surface area contributed by atoms with Crippen LogP contribution < -0.4 is 0 Å². The van der Waals surface area contributed by atoms with E-state index in [4.69, 9.17) is 0 Å². The molecule has 9 heteroatoms. The third-order valence-corrected chi connectivity index (χ3v) is 3.19. The first-order valence-electron chi connectivity index (χ1n) is 6.64. The molecular formula is C14H13F3N2O4. The van der Waals surface area contributed by atoms with Gasteiger partial charge in [0.25, 0.3) is 5.72 Å². The monoisotopic (exact) mass is 330 g/mol. The number of carbonyl (C=O) groups is 2. The third kappa shape index (κ3) is 3.04. The van der Waals surface area contributed by atoms with Crippen LogP contribution in [0.4, 0.5) is 13.2 Å². The number of alkyl halides is 3. The molecule has 1 aromatic carbocycles. The van der Waals surface area contributed by atoms with E-state index in [0.717, 1.165) is 0 Å². The van der Waals surface area contributed by atoms with Crippen LogP contribution in [-0.2, 0) is 14.3 Å². The number of halogens is 3. The molecule has 1 aliphatic rings. The topological polar surface area (TPSA) is 79.2 Å². The second-order valence-corrected chi connectivity index (χ2v) is 4.74. The Kier molecular flexibility index (Phi) is 4.42. The SMILES string of the molecule is CCOC(=O)C(=O)N1N=C(c2ccccc2)C[C@@]1(O)C(F)(F)F. The van der Waals surface area contributed by atoms with E-state index in [9.17, 15) is 27.9 Å². The van der Waals surface area contributed by atoms with Crippen LogP contribution in [0, 0.1) is 0 Å². The molecule has 0 radical (unpaired) electrons. The molecule has 1 N–H and O–H groups in total. The van der Waals surface area contributed by atoms with E-state index in [1.807, 2.05) is 0 Å². The van der Waals surface area contributed by atoms with Gasteiger partial charge in [0.2, 0.25) is 0 Å². The molecule has 1 amide bonds. The molecule has 1 aliphatic heterocycles. The summed E-state index contributed by atoms with van der Waals surface area (Å²) in [6.45, 7) is 1.20. The molecule has 0 aromatic heterocycles. The second kappa shape index (κ2) is 5.99. The highest BCUT2D eigenvalue weighted by molar-refractivity contribution is 6.33. The maximum absolute atomic E-state index is 13.2. The maximum Gasteiger partial charge on any atom is 0.438 e. The number of carbonyl (C=O) groups excluding carboxylic acids is 2. The predicted octanol–water partition coefficient (Wildman–Crippen LogP) is 1.44. The van der Waals surface area contributed by atoms with Crippen molar-refractivity contribution < 1.29 is 32.6 Å². The van der Waals surface area contributed by atoms with Crippen LogP contribution in [0.1, 0.15) is 18.9 Å². The average Bonchev–Trinajstić information content (AvgIpc) is 2.86. The number of nitrogens with zero attached hydrogens (tertiary/aromatic N) is 2. The summed E-state index contributed by atoms with van der Waals surface area (Å²) >= 11 is 0. The number of benzene rings is 1. The van der Waals surface area contributed by atoms with Crippen LogP contribution in [0.3, 0.4) is 0 Å². The quantitative estimate of drug-likeness (QED) is 0.657. The summed E-state index contributed by atoms with van der Waals surface area (Å²) in [5.74, 6) is -3.20. The van der Waals surface area contributed by atoms with Crippen molar-refractivity contribution in [3.8, 4) is 0 Å². The molecule has 0 saturated heterocycles. The minimum atomic E-state index is -5.20. The third-order valence-electron chi connectivity index (χ3n) is 3.19. The molecule has 6 nitrogen and oxygen atoms in total. The lowest BCUT2D eigenvalue weighted by Crippen LogP contribution is -2.58. The summed E-state index contributed by atoms with van der Waals surface area (Å²) in [6, 6.07) is 7.75. The van der Waals surface area contributed by atoms with Crippen molar-refractivity contribution in [2.45, 2.75) is 25.2 Å². The van der Waals surface area contributed by atoms with Crippen molar-refractivity contribution in [1.29, 1.82) is 0 Å². The molecule has 23 heavy (non-hydrogen) atoms. The van der Waals surface area contributed by atoms with Crippen LogP contribution in [0.2, 0.25) is 0 Å². The summed E-state index contributed by atoms with van der Waals surface area (Å²) < 4.78 is 44.1. The van der Waals surface area contributed by atoms with E-state index in [1.165, 1.54) is 19.1 Å². The van der Waals surface area contributed by atoms with Gasteiger partial charge in [-0.15, -0.1) is 0 Å². The first-order chi connectivity index (χ1) is 10.7. The molecule has 124 valence electrons. The van der Waals surface area contributed by atoms with Crippen LogP contribution in [0.15, 0.2) is 35.4 Å². The van der Waals surface area contributed by atoms with Crippen molar-refractivity contribution >= 4 is 17.6 Å². The van der Waals surface area contributed by atoms with Crippen LogP contribution >= 0.6 is 0 Å². The standard InChI is InChI=1S/C14H13F3N2O4/c1-2-23-12(21)11(20)19-13(22,14(15,16)17)8-10(18-19)9-6-4-3-5-7-9/h3-7,22H,2,8H2,1H3/t13-/m1/s1. The minimum Gasteiger partial charge on any atom is -0.459 e. The van der Waals surface area contributed by atoms with Gasteiger partial charge in [-0.1, -0.05) is 30.3 Å². The number of ether oxygens (including phenoxy) is 1. The number of aliphatic hydroxyl groups is 1. The molecule has 1 aromatic rings. The Labute approximate surface area is 129 Å². The number of amides is 1. The number of hydrogen-bond acceptors (Lipinski definition) is 5. The van der Waals surface area contributed by atoms with Gasteiger partial charge in [0.15, 0.2) is 0 Å². The lowest BCUT2D eigenvalue weighted by atomic mass is 10.0. The van der Waals surface area contributed by atoms with Crippen molar-refractivity contribution in [1.82, 2.24) is 5.01 Å². The van der Waals surface area contributed by atoms with Crippen molar-refractivity contribution in [3.63, 3.8) is 0 Å². The van der Waals surface area contributed by atoms with E-state index in [-0.39, 0.29) is 17.3 Å². The number of esters is 1. The molecule has 0 spiro atoms. The molecular weight excluding hydrogens is 317 g/mol. The van der Waals surface area contributed by atoms with Crippen LogP contribution in [0.5, 0.6) is 0 Å². The van der Waals surface area contributed by atoms with Gasteiger partial charge < -0.3 is 9.84 Å². The molecule has 0 fully saturated rings.